The monoisotopic (exact) mass is 826 g/mol. The number of thiol groups is 2. The zero-order valence-corrected chi connectivity index (χ0v) is 33.9. The Morgan fingerprint density at radius 2 is 1.33 bits per heavy atom. The van der Waals surface area contributed by atoms with Gasteiger partial charge in [0.1, 0.15) is 30.2 Å². The maximum Gasteiger partial charge on any atom is 0.326 e. The summed E-state index contributed by atoms with van der Waals surface area (Å²) in [5, 5.41) is 23.7. The van der Waals surface area contributed by atoms with Crippen LogP contribution in [0.25, 0.3) is 10.9 Å². The molecule has 0 aliphatic heterocycles. The number of para-hydroxylation sites is 1. The standard InChI is InChI=1S/C38H54N10O7S2/c1-21(44-35(53)30(39)38(2,3)57)31(49)47-28(18-22-10-5-4-6-11-22)33(51)45-26(14-9-16-42-37(40)41)32(50)48-29(34(52)46-27(15-17-56)36(54)55)19-23-20-43-25-13-8-7-12-24(23)25/h4-8,10-13,20-21,26-30,43,56-57H,9,14-19,39H2,1-3H3,(H,44,53)(H,45,51)(H,46,52)(H,47,49)(H,48,50)(H,54,55)(H4,40,41,42)/t21-,26+,27+,28-,29+,30+/m1/s1. The lowest BCUT2D eigenvalue weighted by Crippen LogP contribution is -2.60. The number of rotatable bonds is 22. The van der Waals surface area contributed by atoms with Gasteiger partial charge in [0.25, 0.3) is 0 Å². The van der Waals surface area contributed by atoms with Crippen molar-refractivity contribution in [2.75, 3.05) is 12.3 Å². The van der Waals surface area contributed by atoms with E-state index in [9.17, 15) is 33.9 Å². The van der Waals surface area contributed by atoms with E-state index in [1.165, 1.54) is 6.92 Å². The van der Waals surface area contributed by atoms with E-state index < -0.39 is 76.5 Å². The molecule has 2 aromatic carbocycles. The first kappa shape index (κ1) is 46.1. The largest absolute Gasteiger partial charge is 0.480 e. The van der Waals surface area contributed by atoms with Crippen LogP contribution >= 0.6 is 25.3 Å². The van der Waals surface area contributed by atoms with E-state index in [1.807, 2.05) is 24.3 Å². The van der Waals surface area contributed by atoms with E-state index >= 15 is 0 Å². The highest BCUT2D eigenvalue weighted by Gasteiger charge is 2.34. The minimum absolute atomic E-state index is 0.00302. The molecule has 1 aromatic heterocycles. The Bertz CT molecular complexity index is 1880. The van der Waals surface area contributed by atoms with Crippen LogP contribution in [-0.4, -0.2) is 105 Å². The van der Waals surface area contributed by atoms with Crippen LogP contribution in [0.1, 0.15) is 51.2 Å². The fraction of sp³-hybridized carbons (Fsp3) is 0.447. The number of nitrogens with zero attached hydrogens (tertiary/aromatic N) is 1. The van der Waals surface area contributed by atoms with Crippen molar-refractivity contribution in [3.8, 4) is 0 Å². The summed E-state index contributed by atoms with van der Waals surface area (Å²) in [6.45, 7) is 4.86. The number of nitrogens with two attached hydrogens (primary N) is 3. The molecule has 0 unspecified atom stereocenters. The molecule has 310 valence electrons. The predicted molar refractivity (Wildman–Crippen MR) is 225 cm³/mol. The molecule has 0 aliphatic carbocycles. The van der Waals surface area contributed by atoms with Crippen molar-refractivity contribution >= 4 is 77.6 Å². The zero-order valence-electron chi connectivity index (χ0n) is 32.2. The Morgan fingerprint density at radius 1 is 0.772 bits per heavy atom. The normalized spacial score (nSPS) is 14.5. The molecule has 0 saturated carbocycles. The van der Waals surface area contributed by atoms with Crippen LogP contribution in [0.15, 0.2) is 65.8 Å². The van der Waals surface area contributed by atoms with Gasteiger partial charge in [0.2, 0.25) is 29.5 Å². The molecule has 0 aliphatic rings. The van der Waals surface area contributed by atoms with E-state index in [2.05, 4.69) is 61.8 Å². The number of carboxylic acids is 1. The molecule has 1 heterocycles. The number of hydrogen-bond donors (Lipinski definition) is 12. The van der Waals surface area contributed by atoms with E-state index in [4.69, 9.17) is 17.2 Å². The van der Waals surface area contributed by atoms with Gasteiger partial charge in [-0.15, -0.1) is 0 Å². The predicted octanol–water partition coefficient (Wildman–Crippen LogP) is -0.109. The van der Waals surface area contributed by atoms with Crippen molar-refractivity contribution in [3.63, 3.8) is 0 Å². The highest BCUT2D eigenvalue weighted by Crippen LogP contribution is 2.20. The molecule has 19 heteroatoms. The number of guanidine groups is 1. The van der Waals surface area contributed by atoms with Gasteiger partial charge in [-0.05, 0) is 63.0 Å². The van der Waals surface area contributed by atoms with Crippen LogP contribution < -0.4 is 43.8 Å². The smallest absolute Gasteiger partial charge is 0.326 e. The lowest BCUT2D eigenvalue weighted by molar-refractivity contribution is -0.142. The summed E-state index contributed by atoms with van der Waals surface area (Å²) in [5.41, 5.74) is 19.1. The number of hydrogen-bond acceptors (Lipinski definition) is 10. The third kappa shape index (κ3) is 14.6. The number of aliphatic imine (C=N–C) groups is 1. The summed E-state index contributed by atoms with van der Waals surface area (Å²) in [5.74, 6) is -4.84. The minimum atomic E-state index is -1.28. The van der Waals surface area contributed by atoms with Crippen molar-refractivity contribution in [3.05, 3.63) is 71.9 Å². The average molecular weight is 827 g/mol. The molecule has 0 spiro atoms. The summed E-state index contributed by atoms with van der Waals surface area (Å²) < 4.78 is -0.883. The number of carbonyl (C=O) groups is 6. The van der Waals surface area contributed by atoms with Gasteiger partial charge in [0, 0.05) is 41.2 Å². The maximum absolute atomic E-state index is 14.2. The average Bonchev–Trinajstić information content (AvgIpc) is 3.57. The maximum atomic E-state index is 14.2. The van der Waals surface area contributed by atoms with Gasteiger partial charge in [0.05, 0.1) is 6.04 Å². The van der Waals surface area contributed by atoms with Crippen LogP contribution in [-0.2, 0) is 41.6 Å². The number of aliphatic carboxylic acids is 1. The van der Waals surface area contributed by atoms with Gasteiger partial charge in [-0.2, -0.15) is 25.3 Å². The molecule has 57 heavy (non-hydrogen) atoms. The summed E-state index contributed by atoms with van der Waals surface area (Å²) in [7, 11) is 0. The van der Waals surface area contributed by atoms with Crippen molar-refractivity contribution in [2.45, 2.75) is 93.9 Å². The molecule has 6 atom stereocenters. The van der Waals surface area contributed by atoms with Gasteiger partial charge in [-0.1, -0.05) is 48.5 Å². The molecule has 0 radical (unpaired) electrons. The van der Waals surface area contributed by atoms with Crippen LogP contribution in [0.5, 0.6) is 0 Å². The Morgan fingerprint density at radius 3 is 1.95 bits per heavy atom. The van der Waals surface area contributed by atoms with Gasteiger partial charge in [0.15, 0.2) is 5.96 Å². The molecular weight excluding hydrogens is 773 g/mol. The third-order valence-corrected chi connectivity index (χ3v) is 9.59. The molecular formula is C38H54N10O7S2. The second kappa shape index (κ2) is 21.9. The third-order valence-electron chi connectivity index (χ3n) is 9.05. The number of aromatic nitrogens is 1. The van der Waals surface area contributed by atoms with Gasteiger partial charge < -0.3 is 53.9 Å². The SMILES string of the molecule is C[C@@H](NC(=O)[C@H](N)C(C)(C)S)C(=O)N[C@H](Cc1ccccc1)C(=O)N[C@@H](CCCN=C(N)N)C(=O)N[C@@H](Cc1c[nH]c2ccccc12)C(=O)N[C@@H](CCS)C(=O)O. The van der Waals surface area contributed by atoms with Crippen molar-refractivity contribution < 1.29 is 33.9 Å². The van der Waals surface area contributed by atoms with Crippen LogP contribution in [0.2, 0.25) is 0 Å². The zero-order chi connectivity index (χ0) is 42.3. The fourth-order valence-electron chi connectivity index (χ4n) is 5.75. The lowest BCUT2D eigenvalue weighted by Gasteiger charge is -2.28. The number of carbonyl (C=O) groups excluding carboxylic acids is 5. The first-order valence-corrected chi connectivity index (χ1v) is 19.5. The van der Waals surface area contributed by atoms with E-state index in [0.717, 1.165) is 10.9 Å². The highest BCUT2D eigenvalue weighted by molar-refractivity contribution is 7.81. The fourth-order valence-corrected chi connectivity index (χ4v) is 6.13. The highest BCUT2D eigenvalue weighted by atomic mass is 32.1. The number of fused-ring (bicyclic) bond motifs is 1. The second-order valence-electron chi connectivity index (χ2n) is 14.2. The first-order valence-electron chi connectivity index (χ1n) is 18.4. The summed E-state index contributed by atoms with van der Waals surface area (Å²) in [6.07, 6.45) is 1.92. The van der Waals surface area contributed by atoms with E-state index in [1.54, 1.807) is 50.4 Å². The summed E-state index contributed by atoms with van der Waals surface area (Å²) in [6, 6.07) is 8.96. The number of aromatic amines is 1. The Balaban J connectivity index is 1.92. The minimum Gasteiger partial charge on any atom is -0.480 e. The Hall–Kier alpha value is -5.27. The van der Waals surface area contributed by atoms with E-state index in [-0.39, 0.29) is 50.4 Å². The summed E-state index contributed by atoms with van der Waals surface area (Å²) >= 11 is 8.46. The summed E-state index contributed by atoms with van der Waals surface area (Å²) in [4.78, 5) is 87.2. The molecule has 0 bridgehead atoms. The van der Waals surface area contributed by atoms with Crippen LogP contribution in [0.4, 0.5) is 0 Å². The molecule has 0 fully saturated rings. The first-order chi connectivity index (χ1) is 26.9. The van der Waals surface area contributed by atoms with Crippen molar-refractivity contribution in [1.82, 2.24) is 31.6 Å². The van der Waals surface area contributed by atoms with Gasteiger partial charge in [-0.3, -0.25) is 29.0 Å². The number of benzene rings is 2. The van der Waals surface area contributed by atoms with Crippen LogP contribution in [0.3, 0.4) is 0 Å². The Labute approximate surface area is 342 Å². The number of carboxylic acid groups (broad SMARTS) is 1. The van der Waals surface area contributed by atoms with Crippen LogP contribution in [0, 0.1) is 0 Å². The molecule has 3 aromatic rings. The number of H-pyrrole nitrogens is 1. The van der Waals surface area contributed by atoms with Crippen molar-refractivity contribution in [1.29, 1.82) is 0 Å². The van der Waals surface area contributed by atoms with Gasteiger partial charge in [-0.25, -0.2) is 4.79 Å². The Kier molecular flexibility index (Phi) is 17.7. The molecule has 13 N–H and O–H groups in total. The quantitative estimate of drug-likeness (QED) is 0.0276. The van der Waals surface area contributed by atoms with E-state index in [0.29, 0.717) is 11.1 Å². The lowest BCUT2D eigenvalue weighted by atomic mass is 10.0. The topological polar surface area (TPSA) is 289 Å². The van der Waals surface area contributed by atoms with Gasteiger partial charge >= 0.3 is 5.97 Å². The molecule has 5 amide bonds. The molecule has 3 rings (SSSR count). The molecule has 17 nitrogen and oxygen atoms in total. The number of nitrogens with one attached hydrogen (secondary N) is 6. The van der Waals surface area contributed by atoms with Crippen molar-refractivity contribution in [2.24, 2.45) is 22.2 Å². The molecule has 0 saturated heterocycles. The second-order valence-corrected chi connectivity index (χ2v) is 15.8. The number of amides is 5.